The number of aromatic nitrogens is 1. The summed E-state index contributed by atoms with van der Waals surface area (Å²) in [6.45, 7) is 0. The lowest BCUT2D eigenvalue weighted by Crippen LogP contribution is -2.02. The highest BCUT2D eigenvalue weighted by Crippen LogP contribution is 2.26. The van der Waals surface area contributed by atoms with E-state index in [-0.39, 0.29) is 5.82 Å². The Morgan fingerprint density at radius 1 is 1.14 bits per heavy atom. The van der Waals surface area contributed by atoms with Gasteiger partial charge in [-0.25, -0.2) is 4.39 Å². The third-order valence-corrected chi connectivity index (χ3v) is 3.79. The van der Waals surface area contributed by atoms with Gasteiger partial charge in [0.25, 0.3) is 0 Å². The number of pyridine rings is 1. The van der Waals surface area contributed by atoms with Gasteiger partial charge >= 0.3 is 0 Å². The van der Waals surface area contributed by atoms with E-state index in [4.69, 9.17) is 11.6 Å². The maximum atomic E-state index is 13.0. The number of hydrogen-bond donors (Lipinski definition) is 1. The van der Waals surface area contributed by atoms with E-state index in [1.54, 1.807) is 12.3 Å². The lowest BCUT2D eigenvalue weighted by molar-refractivity contribution is 0.178. The molecule has 0 fully saturated rings. The van der Waals surface area contributed by atoms with Crippen LogP contribution < -0.4 is 0 Å². The van der Waals surface area contributed by atoms with Crippen LogP contribution >= 0.6 is 11.6 Å². The molecule has 1 aromatic heterocycles. The van der Waals surface area contributed by atoms with Crippen LogP contribution in [0, 0.1) is 5.82 Å². The number of fused-ring (bicyclic) bond motifs is 1. The first-order valence-corrected chi connectivity index (χ1v) is 6.98. The molecule has 3 rings (SSSR count). The monoisotopic (exact) mass is 301 g/mol. The number of rotatable bonds is 3. The Kier molecular flexibility index (Phi) is 3.86. The summed E-state index contributed by atoms with van der Waals surface area (Å²) in [5.74, 6) is -0.380. The van der Waals surface area contributed by atoms with Gasteiger partial charge in [0.05, 0.1) is 11.6 Å². The quantitative estimate of drug-likeness (QED) is 0.782. The van der Waals surface area contributed by atoms with Crippen molar-refractivity contribution in [1.82, 2.24) is 4.98 Å². The highest BCUT2D eigenvalue weighted by molar-refractivity contribution is 6.31. The van der Waals surface area contributed by atoms with E-state index in [2.05, 4.69) is 4.98 Å². The second kappa shape index (κ2) is 5.80. The molecule has 1 atom stereocenters. The average Bonchev–Trinajstić information content (AvgIpc) is 2.49. The van der Waals surface area contributed by atoms with E-state index in [1.807, 2.05) is 30.3 Å². The summed E-state index contributed by atoms with van der Waals surface area (Å²) >= 11 is 6.00. The molecule has 0 radical (unpaired) electrons. The summed E-state index contributed by atoms with van der Waals surface area (Å²) in [4.78, 5) is 4.25. The second-order valence-electron chi connectivity index (χ2n) is 4.91. The predicted molar refractivity (Wildman–Crippen MR) is 81.8 cm³/mol. The molecule has 21 heavy (non-hydrogen) atoms. The molecule has 0 saturated heterocycles. The van der Waals surface area contributed by atoms with E-state index in [0.29, 0.717) is 11.4 Å². The topological polar surface area (TPSA) is 33.1 Å². The number of nitrogens with zero attached hydrogens (tertiary/aromatic N) is 1. The molecule has 2 nitrogen and oxygen atoms in total. The van der Waals surface area contributed by atoms with Crippen molar-refractivity contribution in [2.45, 2.75) is 12.5 Å². The van der Waals surface area contributed by atoms with E-state index in [9.17, 15) is 9.50 Å². The van der Waals surface area contributed by atoms with E-state index < -0.39 is 6.10 Å². The van der Waals surface area contributed by atoms with Crippen LogP contribution in [0.1, 0.15) is 17.2 Å². The number of benzene rings is 2. The Hall–Kier alpha value is -1.97. The van der Waals surface area contributed by atoms with Gasteiger partial charge in [-0.1, -0.05) is 29.8 Å². The molecule has 0 saturated carbocycles. The molecule has 3 aromatic rings. The van der Waals surface area contributed by atoms with Crippen LogP contribution in [-0.4, -0.2) is 10.1 Å². The molecular formula is C17H13ClFNO. The molecule has 1 N–H and O–H groups in total. The SMILES string of the molecule is OC(Cc1ccc(F)cc1Cl)c1ccc2ncccc2c1. The Morgan fingerprint density at radius 2 is 2.00 bits per heavy atom. The summed E-state index contributed by atoms with van der Waals surface area (Å²) in [7, 11) is 0. The highest BCUT2D eigenvalue weighted by Gasteiger charge is 2.12. The maximum absolute atomic E-state index is 13.0. The molecule has 1 unspecified atom stereocenters. The van der Waals surface area contributed by atoms with Gasteiger partial charge in [0, 0.05) is 23.0 Å². The average molecular weight is 302 g/mol. The zero-order valence-electron chi connectivity index (χ0n) is 11.1. The van der Waals surface area contributed by atoms with Crippen molar-refractivity contribution in [1.29, 1.82) is 0 Å². The summed E-state index contributed by atoms with van der Waals surface area (Å²) < 4.78 is 13.0. The maximum Gasteiger partial charge on any atom is 0.124 e. The van der Waals surface area contributed by atoms with Gasteiger partial charge in [-0.05, 0) is 41.5 Å². The van der Waals surface area contributed by atoms with Crippen LogP contribution in [0.25, 0.3) is 10.9 Å². The minimum Gasteiger partial charge on any atom is -0.388 e. The Morgan fingerprint density at radius 3 is 2.81 bits per heavy atom. The number of halogens is 2. The van der Waals surface area contributed by atoms with Crippen LogP contribution in [0.2, 0.25) is 5.02 Å². The van der Waals surface area contributed by atoms with Crippen molar-refractivity contribution >= 4 is 22.5 Å². The van der Waals surface area contributed by atoms with Crippen LogP contribution in [0.5, 0.6) is 0 Å². The molecule has 0 aliphatic rings. The van der Waals surface area contributed by atoms with Gasteiger partial charge in [0.2, 0.25) is 0 Å². The molecule has 0 bridgehead atoms. The van der Waals surface area contributed by atoms with Gasteiger partial charge < -0.3 is 5.11 Å². The van der Waals surface area contributed by atoms with Gasteiger partial charge in [0.1, 0.15) is 5.82 Å². The Bertz CT molecular complexity index is 791. The van der Waals surface area contributed by atoms with Crippen molar-refractivity contribution in [3.05, 3.63) is 76.7 Å². The smallest absolute Gasteiger partial charge is 0.124 e. The first kappa shape index (κ1) is 14.0. The molecule has 0 aliphatic heterocycles. The molecule has 0 aliphatic carbocycles. The molecular weight excluding hydrogens is 289 g/mol. The van der Waals surface area contributed by atoms with Crippen LogP contribution in [0.4, 0.5) is 4.39 Å². The van der Waals surface area contributed by atoms with E-state index in [0.717, 1.165) is 22.0 Å². The van der Waals surface area contributed by atoms with Crippen LogP contribution in [0.3, 0.4) is 0 Å². The Balaban J connectivity index is 1.87. The molecule has 106 valence electrons. The first-order valence-electron chi connectivity index (χ1n) is 6.60. The molecule has 0 spiro atoms. The van der Waals surface area contributed by atoms with Crippen molar-refractivity contribution in [3.8, 4) is 0 Å². The third-order valence-electron chi connectivity index (χ3n) is 3.44. The lowest BCUT2D eigenvalue weighted by Gasteiger charge is -2.13. The summed E-state index contributed by atoms with van der Waals surface area (Å²) in [5, 5.41) is 11.7. The normalized spacial score (nSPS) is 12.5. The molecule has 1 heterocycles. The minimum atomic E-state index is -0.697. The molecule has 0 amide bonds. The van der Waals surface area contributed by atoms with Gasteiger partial charge in [-0.3, -0.25) is 4.98 Å². The standard InChI is InChI=1S/C17H13ClFNO/c18-15-10-14(19)5-3-11(15)9-17(21)13-4-6-16-12(8-13)2-1-7-20-16/h1-8,10,17,21H,9H2. The fourth-order valence-electron chi connectivity index (χ4n) is 2.31. The Labute approximate surface area is 126 Å². The highest BCUT2D eigenvalue weighted by atomic mass is 35.5. The summed E-state index contributed by atoms with van der Waals surface area (Å²) in [5.41, 5.74) is 2.39. The lowest BCUT2D eigenvalue weighted by atomic mass is 10.00. The van der Waals surface area contributed by atoms with Crippen molar-refractivity contribution in [2.75, 3.05) is 0 Å². The van der Waals surface area contributed by atoms with Crippen LogP contribution in [0.15, 0.2) is 54.7 Å². The van der Waals surface area contributed by atoms with E-state index in [1.165, 1.54) is 12.1 Å². The van der Waals surface area contributed by atoms with Gasteiger partial charge in [-0.2, -0.15) is 0 Å². The van der Waals surface area contributed by atoms with E-state index >= 15 is 0 Å². The van der Waals surface area contributed by atoms with Crippen molar-refractivity contribution in [2.24, 2.45) is 0 Å². The zero-order chi connectivity index (χ0) is 14.8. The fraction of sp³-hybridized carbons (Fsp3) is 0.118. The zero-order valence-corrected chi connectivity index (χ0v) is 11.9. The fourth-order valence-corrected chi connectivity index (χ4v) is 2.56. The third kappa shape index (κ3) is 3.04. The number of aliphatic hydroxyl groups is 1. The van der Waals surface area contributed by atoms with Crippen LogP contribution in [-0.2, 0) is 6.42 Å². The van der Waals surface area contributed by atoms with Crippen molar-refractivity contribution < 1.29 is 9.50 Å². The van der Waals surface area contributed by atoms with Crippen molar-refractivity contribution in [3.63, 3.8) is 0 Å². The second-order valence-corrected chi connectivity index (χ2v) is 5.32. The molecule has 4 heteroatoms. The largest absolute Gasteiger partial charge is 0.388 e. The van der Waals surface area contributed by atoms with Gasteiger partial charge in [0.15, 0.2) is 0 Å². The minimum absolute atomic E-state index is 0.330. The number of aliphatic hydroxyl groups excluding tert-OH is 1. The summed E-state index contributed by atoms with van der Waals surface area (Å²) in [6.07, 6.45) is 1.37. The predicted octanol–water partition coefficient (Wildman–Crippen LogP) is 4.30. The molecule has 2 aromatic carbocycles. The number of hydrogen-bond acceptors (Lipinski definition) is 2. The van der Waals surface area contributed by atoms with Gasteiger partial charge in [-0.15, -0.1) is 0 Å². The first-order chi connectivity index (χ1) is 10.1. The summed E-state index contributed by atoms with van der Waals surface area (Å²) in [6, 6.07) is 13.6.